The number of likely N-dealkylation sites (tertiary alicyclic amines) is 1. The van der Waals surface area contributed by atoms with Crippen LogP contribution < -0.4 is 5.32 Å². The van der Waals surface area contributed by atoms with Crippen molar-refractivity contribution in [1.82, 2.24) is 15.1 Å². The van der Waals surface area contributed by atoms with E-state index in [1.807, 2.05) is 26.0 Å². The van der Waals surface area contributed by atoms with Gasteiger partial charge in [-0.05, 0) is 21.1 Å². The molecule has 0 atom stereocenters. The second kappa shape index (κ2) is 5.17. The zero-order valence-corrected chi connectivity index (χ0v) is 9.12. The predicted octanol–water partition coefficient (Wildman–Crippen LogP) is -0.412. The lowest BCUT2D eigenvalue weighted by molar-refractivity contribution is 0.0629. The van der Waals surface area contributed by atoms with Crippen LogP contribution in [0.25, 0.3) is 0 Å². The number of likely N-dealkylation sites (N-methyl/N-ethyl adjacent to an activating group) is 2. The van der Waals surface area contributed by atoms with E-state index in [1.54, 1.807) is 4.90 Å². The van der Waals surface area contributed by atoms with Crippen LogP contribution in [0.15, 0.2) is 0 Å². The first-order valence-corrected chi connectivity index (χ1v) is 4.87. The molecule has 0 aromatic rings. The molecule has 0 bridgehead atoms. The van der Waals surface area contributed by atoms with Crippen molar-refractivity contribution in [3.05, 3.63) is 0 Å². The molecule has 14 heavy (non-hydrogen) atoms. The van der Waals surface area contributed by atoms with E-state index >= 15 is 0 Å². The molecular weight excluding hydrogens is 182 g/mol. The Kier molecular flexibility index (Phi) is 4.16. The summed E-state index contributed by atoms with van der Waals surface area (Å²) in [5, 5.41) is 3.10. The number of carbonyl (C=O) groups excluding carboxylic acids is 1. The summed E-state index contributed by atoms with van der Waals surface area (Å²) in [5.74, 6) is 0. The lowest BCUT2D eigenvalue weighted by Crippen LogP contribution is -2.59. The molecule has 5 nitrogen and oxygen atoms in total. The molecule has 1 N–H and O–H groups in total. The number of hydrogen-bond acceptors (Lipinski definition) is 4. The minimum Gasteiger partial charge on any atom is -0.448 e. The molecule has 0 saturated carbocycles. The van der Waals surface area contributed by atoms with E-state index in [0.717, 1.165) is 19.6 Å². The van der Waals surface area contributed by atoms with Crippen molar-refractivity contribution in [1.29, 1.82) is 0 Å². The van der Waals surface area contributed by atoms with Gasteiger partial charge < -0.3 is 19.9 Å². The van der Waals surface area contributed by atoms with Gasteiger partial charge in [0.05, 0.1) is 0 Å². The van der Waals surface area contributed by atoms with E-state index in [-0.39, 0.29) is 6.09 Å². The monoisotopic (exact) mass is 201 g/mol. The van der Waals surface area contributed by atoms with Gasteiger partial charge in [0.15, 0.2) is 0 Å². The molecule has 0 aromatic carbocycles. The van der Waals surface area contributed by atoms with Crippen molar-refractivity contribution >= 4 is 6.09 Å². The summed E-state index contributed by atoms with van der Waals surface area (Å²) in [7, 11) is 5.81. The maximum Gasteiger partial charge on any atom is 0.409 e. The van der Waals surface area contributed by atoms with Crippen LogP contribution in [0.5, 0.6) is 0 Å². The van der Waals surface area contributed by atoms with Crippen LogP contribution in [0.1, 0.15) is 0 Å². The number of ether oxygens (including phenoxy) is 1. The first-order valence-electron chi connectivity index (χ1n) is 4.87. The van der Waals surface area contributed by atoms with Crippen LogP contribution in [0, 0.1) is 0 Å². The van der Waals surface area contributed by atoms with E-state index in [1.165, 1.54) is 0 Å². The fourth-order valence-corrected chi connectivity index (χ4v) is 1.22. The number of nitrogens with one attached hydrogen (secondary N) is 1. The van der Waals surface area contributed by atoms with Gasteiger partial charge >= 0.3 is 6.09 Å². The van der Waals surface area contributed by atoms with Gasteiger partial charge in [-0.15, -0.1) is 0 Å². The fraction of sp³-hybridized carbons (Fsp3) is 0.889. The Bertz CT molecular complexity index is 190. The van der Waals surface area contributed by atoms with Crippen LogP contribution in [0.3, 0.4) is 0 Å². The second-order valence-electron chi connectivity index (χ2n) is 3.81. The average molecular weight is 201 g/mol. The van der Waals surface area contributed by atoms with Crippen LogP contribution in [0.2, 0.25) is 0 Å². The zero-order chi connectivity index (χ0) is 10.6. The Balaban J connectivity index is 2.06. The highest BCUT2D eigenvalue weighted by Crippen LogP contribution is 2.08. The Morgan fingerprint density at radius 1 is 1.57 bits per heavy atom. The number of rotatable bonds is 4. The standard InChI is InChI=1S/C9H19N3O2/c1-10-8-6-12(7-8)9(13)14-5-4-11(2)3/h8,10H,4-7H2,1-3H3. The summed E-state index contributed by atoms with van der Waals surface area (Å²) in [5.41, 5.74) is 0. The highest BCUT2D eigenvalue weighted by molar-refractivity contribution is 5.68. The molecular formula is C9H19N3O2. The molecule has 5 heteroatoms. The summed E-state index contributed by atoms with van der Waals surface area (Å²) < 4.78 is 5.07. The normalized spacial score (nSPS) is 17.0. The largest absolute Gasteiger partial charge is 0.448 e. The minimum atomic E-state index is -0.196. The first kappa shape index (κ1) is 11.3. The Labute approximate surface area is 85.0 Å². The summed E-state index contributed by atoms with van der Waals surface area (Å²) in [6.07, 6.45) is -0.196. The van der Waals surface area contributed by atoms with E-state index < -0.39 is 0 Å². The molecule has 0 unspecified atom stereocenters. The van der Waals surface area contributed by atoms with Crippen molar-refractivity contribution in [2.24, 2.45) is 0 Å². The lowest BCUT2D eigenvalue weighted by atomic mass is 10.1. The summed E-state index contributed by atoms with van der Waals surface area (Å²) in [6, 6.07) is 0.441. The van der Waals surface area contributed by atoms with Crippen LogP contribution >= 0.6 is 0 Å². The van der Waals surface area contributed by atoms with Crippen molar-refractivity contribution in [3.63, 3.8) is 0 Å². The quantitative estimate of drug-likeness (QED) is 0.671. The first-order chi connectivity index (χ1) is 6.63. The molecule has 1 saturated heterocycles. The van der Waals surface area contributed by atoms with Crippen molar-refractivity contribution in [2.45, 2.75) is 6.04 Å². The molecule has 1 rings (SSSR count). The molecule has 0 radical (unpaired) electrons. The molecule has 1 aliphatic rings. The lowest BCUT2D eigenvalue weighted by Gasteiger charge is -2.37. The van der Waals surface area contributed by atoms with E-state index in [2.05, 4.69) is 5.32 Å². The van der Waals surface area contributed by atoms with Gasteiger partial charge in [-0.25, -0.2) is 4.79 Å². The number of hydrogen-bond donors (Lipinski definition) is 1. The van der Waals surface area contributed by atoms with Gasteiger partial charge in [-0.1, -0.05) is 0 Å². The topological polar surface area (TPSA) is 44.8 Å². The summed E-state index contributed by atoms with van der Waals surface area (Å²) in [6.45, 7) is 2.76. The Hall–Kier alpha value is -0.810. The Morgan fingerprint density at radius 2 is 2.21 bits per heavy atom. The van der Waals surface area contributed by atoms with Gasteiger partial charge in [0.25, 0.3) is 0 Å². The molecule has 0 aromatic heterocycles. The third-order valence-corrected chi connectivity index (χ3v) is 2.31. The SMILES string of the molecule is CNC1CN(C(=O)OCCN(C)C)C1. The third-order valence-electron chi connectivity index (χ3n) is 2.31. The molecule has 1 fully saturated rings. The molecule has 1 amide bonds. The van der Waals surface area contributed by atoms with E-state index in [9.17, 15) is 4.79 Å². The maximum absolute atomic E-state index is 11.3. The van der Waals surface area contributed by atoms with Gasteiger partial charge in [0, 0.05) is 25.7 Å². The van der Waals surface area contributed by atoms with E-state index in [4.69, 9.17) is 4.74 Å². The average Bonchev–Trinajstić information content (AvgIpc) is 2.01. The minimum absolute atomic E-state index is 0.196. The molecule has 1 aliphatic heterocycles. The molecule has 0 aliphatic carbocycles. The number of amides is 1. The van der Waals surface area contributed by atoms with E-state index in [0.29, 0.717) is 12.6 Å². The maximum atomic E-state index is 11.3. The third kappa shape index (κ3) is 3.16. The van der Waals surface area contributed by atoms with Crippen molar-refractivity contribution in [3.8, 4) is 0 Å². The van der Waals surface area contributed by atoms with Crippen molar-refractivity contribution < 1.29 is 9.53 Å². The summed E-state index contributed by atoms with van der Waals surface area (Å²) >= 11 is 0. The smallest absolute Gasteiger partial charge is 0.409 e. The van der Waals surface area contributed by atoms with Crippen LogP contribution in [-0.2, 0) is 4.74 Å². The highest BCUT2D eigenvalue weighted by atomic mass is 16.6. The predicted molar refractivity (Wildman–Crippen MR) is 54.3 cm³/mol. The fourth-order valence-electron chi connectivity index (χ4n) is 1.22. The molecule has 82 valence electrons. The molecule has 0 spiro atoms. The van der Waals surface area contributed by atoms with Gasteiger partial charge in [0.2, 0.25) is 0 Å². The van der Waals surface area contributed by atoms with Gasteiger partial charge in [0.1, 0.15) is 6.61 Å². The number of nitrogens with zero attached hydrogens (tertiary/aromatic N) is 2. The second-order valence-corrected chi connectivity index (χ2v) is 3.81. The van der Waals surface area contributed by atoms with Gasteiger partial charge in [-0.2, -0.15) is 0 Å². The number of carbonyl (C=O) groups is 1. The Morgan fingerprint density at radius 3 is 2.71 bits per heavy atom. The van der Waals surface area contributed by atoms with Crippen molar-refractivity contribution in [2.75, 3.05) is 47.4 Å². The van der Waals surface area contributed by atoms with Crippen LogP contribution in [-0.4, -0.2) is 69.3 Å². The van der Waals surface area contributed by atoms with Gasteiger partial charge in [-0.3, -0.25) is 0 Å². The van der Waals surface area contributed by atoms with Crippen LogP contribution in [0.4, 0.5) is 4.79 Å². The highest BCUT2D eigenvalue weighted by Gasteiger charge is 2.30. The summed E-state index contributed by atoms with van der Waals surface area (Å²) in [4.78, 5) is 15.0. The molecule has 1 heterocycles. The zero-order valence-electron chi connectivity index (χ0n) is 9.12.